The summed E-state index contributed by atoms with van der Waals surface area (Å²) in [6.07, 6.45) is 0. The molecule has 8 aromatic carbocycles. The predicted octanol–water partition coefficient (Wildman–Crippen LogP) is 13.9. The highest BCUT2D eigenvalue weighted by molar-refractivity contribution is 6.18. The second kappa shape index (κ2) is 12.2. The standard InChI is InChI=1S/C51H32N2O/c1-4-13-33(14-5-1)36-25-27-40-41-28-26-37(34-15-6-2-7-16-34)32-48(41)53(47(40)31-36)46-23-11-21-43-50-42(20-12-24-49(50)54-51(43)46)38-19-10-22-45-39(38)29-30-44(52-45)35-17-8-3-9-18-35/h1-32H. The first-order chi connectivity index (χ1) is 26.8. The van der Waals surface area contributed by atoms with Crippen LogP contribution in [0.2, 0.25) is 0 Å². The summed E-state index contributed by atoms with van der Waals surface area (Å²) in [5.41, 5.74) is 15.0. The van der Waals surface area contributed by atoms with E-state index in [1.54, 1.807) is 0 Å². The molecule has 3 aromatic heterocycles. The highest BCUT2D eigenvalue weighted by Crippen LogP contribution is 2.43. The molecule has 0 aliphatic rings. The van der Waals surface area contributed by atoms with Crippen molar-refractivity contribution < 1.29 is 4.42 Å². The molecule has 0 spiro atoms. The van der Waals surface area contributed by atoms with Crippen molar-refractivity contribution in [1.29, 1.82) is 0 Å². The van der Waals surface area contributed by atoms with Crippen LogP contribution in [0.1, 0.15) is 0 Å². The lowest BCUT2D eigenvalue weighted by molar-refractivity contribution is 0.666. The van der Waals surface area contributed by atoms with E-state index in [1.807, 2.05) is 6.07 Å². The van der Waals surface area contributed by atoms with Crippen LogP contribution in [0.3, 0.4) is 0 Å². The third-order valence-corrected chi connectivity index (χ3v) is 10.8. The van der Waals surface area contributed by atoms with E-state index in [0.29, 0.717) is 0 Å². The average Bonchev–Trinajstić information content (AvgIpc) is 3.79. The van der Waals surface area contributed by atoms with Gasteiger partial charge in [0, 0.05) is 32.5 Å². The van der Waals surface area contributed by atoms with E-state index in [2.05, 4.69) is 193 Å². The van der Waals surface area contributed by atoms with Crippen LogP contribution in [0, 0.1) is 0 Å². The van der Waals surface area contributed by atoms with Crippen LogP contribution in [-0.2, 0) is 0 Å². The van der Waals surface area contributed by atoms with Gasteiger partial charge in [0.1, 0.15) is 5.58 Å². The Kier molecular flexibility index (Phi) is 6.86. The molecule has 3 heterocycles. The van der Waals surface area contributed by atoms with Crippen LogP contribution in [0.4, 0.5) is 0 Å². The Labute approximate surface area is 312 Å². The van der Waals surface area contributed by atoms with Gasteiger partial charge in [0.15, 0.2) is 5.58 Å². The van der Waals surface area contributed by atoms with Crippen molar-refractivity contribution in [3.63, 3.8) is 0 Å². The third-order valence-electron chi connectivity index (χ3n) is 10.8. The molecular formula is C51H32N2O. The maximum absolute atomic E-state index is 6.95. The maximum Gasteiger partial charge on any atom is 0.159 e. The molecule has 0 unspecified atom stereocenters. The van der Waals surface area contributed by atoms with E-state index in [0.717, 1.165) is 71.9 Å². The largest absolute Gasteiger partial charge is 0.454 e. The second-order valence-electron chi connectivity index (χ2n) is 13.9. The molecule has 0 bridgehead atoms. The number of furan rings is 1. The van der Waals surface area contributed by atoms with E-state index >= 15 is 0 Å². The minimum absolute atomic E-state index is 0.858. The van der Waals surface area contributed by atoms with Gasteiger partial charge in [-0.3, -0.25) is 0 Å². The Morgan fingerprint density at radius 1 is 0.389 bits per heavy atom. The molecular weight excluding hydrogens is 657 g/mol. The van der Waals surface area contributed by atoms with Gasteiger partial charge in [-0.05, 0) is 69.8 Å². The zero-order valence-corrected chi connectivity index (χ0v) is 29.3. The summed E-state index contributed by atoms with van der Waals surface area (Å²) in [7, 11) is 0. The molecule has 0 aliphatic heterocycles. The minimum Gasteiger partial charge on any atom is -0.454 e. The summed E-state index contributed by atoms with van der Waals surface area (Å²) in [5.74, 6) is 0. The minimum atomic E-state index is 0.858. The van der Waals surface area contributed by atoms with Gasteiger partial charge in [0.05, 0.1) is 27.9 Å². The van der Waals surface area contributed by atoms with Gasteiger partial charge in [0.2, 0.25) is 0 Å². The van der Waals surface area contributed by atoms with Gasteiger partial charge in [-0.15, -0.1) is 0 Å². The number of hydrogen-bond acceptors (Lipinski definition) is 2. The smallest absolute Gasteiger partial charge is 0.159 e. The van der Waals surface area contributed by atoms with Gasteiger partial charge in [-0.25, -0.2) is 4.98 Å². The van der Waals surface area contributed by atoms with Crippen molar-refractivity contribution in [2.45, 2.75) is 0 Å². The fourth-order valence-electron chi connectivity index (χ4n) is 8.29. The zero-order chi connectivity index (χ0) is 35.6. The first-order valence-corrected chi connectivity index (χ1v) is 18.4. The maximum atomic E-state index is 6.95. The fourth-order valence-corrected chi connectivity index (χ4v) is 8.29. The predicted molar refractivity (Wildman–Crippen MR) is 225 cm³/mol. The van der Waals surface area contributed by atoms with E-state index in [1.165, 1.54) is 33.0 Å². The van der Waals surface area contributed by atoms with Crippen molar-refractivity contribution in [2.75, 3.05) is 0 Å². The van der Waals surface area contributed by atoms with Crippen LogP contribution in [0.15, 0.2) is 199 Å². The fraction of sp³-hybridized carbons (Fsp3) is 0. The SMILES string of the molecule is c1ccc(-c2ccc3c4ccc(-c5ccccc5)cc4n(-c4cccc5c4oc4cccc(-c6cccc7nc(-c8ccccc8)ccc67)c45)c3c2)cc1. The second-order valence-corrected chi connectivity index (χ2v) is 13.9. The average molecular weight is 689 g/mol. The molecule has 0 saturated heterocycles. The van der Waals surface area contributed by atoms with E-state index in [-0.39, 0.29) is 0 Å². The quantitative estimate of drug-likeness (QED) is 0.180. The van der Waals surface area contributed by atoms with Gasteiger partial charge in [-0.2, -0.15) is 0 Å². The number of hydrogen-bond donors (Lipinski definition) is 0. The molecule has 0 atom stereocenters. The number of para-hydroxylation sites is 1. The van der Waals surface area contributed by atoms with Crippen molar-refractivity contribution in [2.24, 2.45) is 0 Å². The Hall–Kier alpha value is -7.23. The van der Waals surface area contributed by atoms with Crippen LogP contribution in [-0.4, -0.2) is 9.55 Å². The Morgan fingerprint density at radius 3 is 1.63 bits per heavy atom. The number of nitrogens with zero attached hydrogens (tertiary/aromatic N) is 2. The molecule has 0 fully saturated rings. The van der Waals surface area contributed by atoms with E-state index in [9.17, 15) is 0 Å². The van der Waals surface area contributed by atoms with E-state index < -0.39 is 0 Å². The van der Waals surface area contributed by atoms with Crippen LogP contribution in [0.25, 0.3) is 105 Å². The summed E-state index contributed by atoms with van der Waals surface area (Å²) in [5, 5.41) is 5.70. The van der Waals surface area contributed by atoms with Crippen molar-refractivity contribution in [3.8, 4) is 50.3 Å². The summed E-state index contributed by atoms with van der Waals surface area (Å²) in [6.45, 7) is 0. The first-order valence-electron chi connectivity index (χ1n) is 18.4. The summed E-state index contributed by atoms with van der Waals surface area (Å²) >= 11 is 0. The third kappa shape index (κ3) is 4.79. The zero-order valence-electron chi connectivity index (χ0n) is 29.3. The molecule has 11 rings (SSSR count). The van der Waals surface area contributed by atoms with Gasteiger partial charge >= 0.3 is 0 Å². The number of rotatable bonds is 5. The molecule has 252 valence electrons. The lowest BCUT2D eigenvalue weighted by Crippen LogP contribution is -1.95. The topological polar surface area (TPSA) is 31.0 Å². The van der Waals surface area contributed by atoms with Crippen LogP contribution < -0.4 is 0 Å². The lowest BCUT2D eigenvalue weighted by atomic mass is 9.95. The molecule has 0 N–H and O–H groups in total. The highest BCUT2D eigenvalue weighted by atomic mass is 16.3. The summed E-state index contributed by atoms with van der Waals surface area (Å²) in [6, 6.07) is 69.0. The Morgan fingerprint density at radius 2 is 0.963 bits per heavy atom. The first kappa shape index (κ1) is 30.4. The van der Waals surface area contributed by atoms with Crippen LogP contribution >= 0.6 is 0 Å². The number of benzene rings is 8. The van der Waals surface area contributed by atoms with Gasteiger partial charge in [-0.1, -0.05) is 158 Å². The number of fused-ring (bicyclic) bond motifs is 7. The molecule has 0 saturated carbocycles. The van der Waals surface area contributed by atoms with Gasteiger partial charge in [0.25, 0.3) is 0 Å². The van der Waals surface area contributed by atoms with E-state index in [4.69, 9.17) is 9.40 Å². The van der Waals surface area contributed by atoms with Crippen molar-refractivity contribution in [1.82, 2.24) is 9.55 Å². The molecule has 0 amide bonds. The Bertz CT molecular complexity index is 3100. The molecule has 0 radical (unpaired) electrons. The number of pyridine rings is 1. The van der Waals surface area contributed by atoms with Gasteiger partial charge < -0.3 is 8.98 Å². The van der Waals surface area contributed by atoms with Crippen LogP contribution in [0.5, 0.6) is 0 Å². The van der Waals surface area contributed by atoms with Crippen molar-refractivity contribution in [3.05, 3.63) is 194 Å². The normalized spacial score (nSPS) is 11.7. The molecule has 0 aliphatic carbocycles. The molecule has 54 heavy (non-hydrogen) atoms. The molecule has 11 aromatic rings. The van der Waals surface area contributed by atoms with Crippen molar-refractivity contribution >= 4 is 54.6 Å². The highest BCUT2D eigenvalue weighted by Gasteiger charge is 2.21. The Balaban J connectivity index is 1.16. The summed E-state index contributed by atoms with van der Waals surface area (Å²) in [4.78, 5) is 5.10. The summed E-state index contributed by atoms with van der Waals surface area (Å²) < 4.78 is 9.35. The molecule has 3 heteroatoms. The lowest BCUT2D eigenvalue weighted by Gasteiger charge is -2.11. The molecule has 3 nitrogen and oxygen atoms in total. The number of aromatic nitrogens is 2. The monoisotopic (exact) mass is 688 g/mol.